The lowest BCUT2D eigenvalue weighted by Gasteiger charge is -2.37. The summed E-state index contributed by atoms with van der Waals surface area (Å²) in [6.45, 7) is 7.34. The molecule has 1 aliphatic rings. The van der Waals surface area contributed by atoms with E-state index in [0.29, 0.717) is 18.1 Å². The molecule has 78 valence electrons. The predicted octanol–water partition coefficient (Wildman–Crippen LogP) is 0.561. The maximum absolute atomic E-state index is 5.76. The first-order valence-corrected chi connectivity index (χ1v) is 5.11. The van der Waals surface area contributed by atoms with Gasteiger partial charge < -0.3 is 15.0 Å². The van der Waals surface area contributed by atoms with Crippen LogP contribution < -0.4 is 5.32 Å². The first-order valence-electron chi connectivity index (χ1n) is 5.11. The van der Waals surface area contributed by atoms with Crippen LogP contribution in [0.2, 0.25) is 0 Å². The summed E-state index contributed by atoms with van der Waals surface area (Å²) in [7, 11) is 4.26. The monoisotopic (exact) mass is 186 g/mol. The van der Waals surface area contributed by atoms with Gasteiger partial charge in [-0.1, -0.05) is 13.8 Å². The molecule has 1 rings (SSSR count). The minimum Gasteiger partial charge on any atom is -0.374 e. The summed E-state index contributed by atoms with van der Waals surface area (Å²) in [5.41, 5.74) is 0. The van der Waals surface area contributed by atoms with Crippen molar-refractivity contribution in [2.75, 3.05) is 33.8 Å². The van der Waals surface area contributed by atoms with Gasteiger partial charge in [0.1, 0.15) is 0 Å². The van der Waals surface area contributed by atoms with E-state index in [0.717, 1.165) is 19.7 Å². The van der Waals surface area contributed by atoms with Crippen molar-refractivity contribution in [2.24, 2.45) is 5.92 Å². The van der Waals surface area contributed by atoms with Crippen molar-refractivity contribution >= 4 is 0 Å². The van der Waals surface area contributed by atoms with Crippen molar-refractivity contribution in [3.8, 4) is 0 Å². The Bertz CT molecular complexity index is 134. The predicted molar refractivity (Wildman–Crippen MR) is 54.9 cm³/mol. The van der Waals surface area contributed by atoms with E-state index < -0.39 is 0 Å². The van der Waals surface area contributed by atoms with Crippen molar-refractivity contribution in [1.29, 1.82) is 0 Å². The zero-order chi connectivity index (χ0) is 9.84. The van der Waals surface area contributed by atoms with Crippen LogP contribution in [0.1, 0.15) is 13.8 Å². The highest BCUT2D eigenvalue weighted by molar-refractivity contribution is 4.83. The van der Waals surface area contributed by atoms with E-state index >= 15 is 0 Å². The van der Waals surface area contributed by atoms with Crippen molar-refractivity contribution < 1.29 is 4.74 Å². The molecule has 0 aromatic rings. The van der Waals surface area contributed by atoms with Gasteiger partial charge in [0.25, 0.3) is 0 Å². The van der Waals surface area contributed by atoms with Crippen LogP contribution in [-0.2, 0) is 4.74 Å². The summed E-state index contributed by atoms with van der Waals surface area (Å²) < 4.78 is 5.76. The fourth-order valence-electron chi connectivity index (χ4n) is 2.16. The third kappa shape index (κ3) is 2.93. The van der Waals surface area contributed by atoms with Crippen LogP contribution in [0.4, 0.5) is 0 Å². The minimum atomic E-state index is 0.351. The standard InChI is InChI=1S/C10H22N2O/c1-8(2)10(12(3)4)9-7-11-5-6-13-9/h8-11H,5-7H2,1-4H3. The van der Waals surface area contributed by atoms with Crippen LogP contribution in [0.5, 0.6) is 0 Å². The lowest BCUT2D eigenvalue weighted by Crippen LogP contribution is -2.52. The molecule has 0 aromatic heterocycles. The molecule has 0 aromatic carbocycles. The number of morpholine rings is 1. The molecule has 13 heavy (non-hydrogen) atoms. The van der Waals surface area contributed by atoms with Crippen molar-refractivity contribution in [3.63, 3.8) is 0 Å². The average Bonchev–Trinajstić information content (AvgIpc) is 2.04. The SMILES string of the molecule is CC(C)C(C1CNCCO1)N(C)C. The molecule has 0 saturated carbocycles. The summed E-state index contributed by atoms with van der Waals surface area (Å²) in [4.78, 5) is 2.27. The quantitative estimate of drug-likeness (QED) is 0.697. The number of rotatable bonds is 3. The average molecular weight is 186 g/mol. The number of ether oxygens (including phenoxy) is 1. The number of hydrogen-bond acceptors (Lipinski definition) is 3. The molecule has 1 N–H and O–H groups in total. The molecule has 3 heteroatoms. The Kier molecular flexibility index (Phi) is 4.16. The first kappa shape index (κ1) is 11.0. The first-order chi connectivity index (χ1) is 6.13. The largest absolute Gasteiger partial charge is 0.374 e. The summed E-state index contributed by atoms with van der Waals surface area (Å²) >= 11 is 0. The highest BCUT2D eigenvalue weighted by atomic mass is 16.5. The van der Waals surface area contributed by atoms with E-state index in [1.165, 1.54) is 0 Å². The molecule has 0 amide bonds. The second-order valence-electron chi connectivity index (χ2n) is 4.31. The zero-order valence-electron chi connectivity index (χ0n) is 9.21. The third-order valence-electron chi connectivity index (χ3n) is 2.62. The van der Waals surface area contributed by atoms with Gasteiger partial charge in [0.2, 0.25) is 0 Å². The van der Waals surface area contributed by atoms with E-state index in [1.807, 2.05) is 0 Å². The van der Waals surface area contributed by atoms with E-state index in [-0.39, 0.29) is 0 Å². The van der Waals surface area contributed by atoms with Crippen LogP contribution in [0.25, 0.3) is 0 Å². The molecular weight excluding hydrogens is 164 g/mol. The molecule has 1 fully saturated rings. The van der Waals surface area contributed by atoms with Gasteiger partial charge in [-0.05, 0) is 20.0 Å². The molecule has 3 nitrogen and oxygen atoms in total. The summed E-state index contributed by atoms with van der Waals surface area (Å²) in [6.07, 6.45) is 0.351. The van der Waals surface area contributed by atoms with Gasteiger partial charge in [0.05, 0.1) is 12.7 Å². The van der Waals surface area contributed by atoms with Crippen molar-refractivity contribution in [2.45, 2.75) is 26.0 Å². The molecule has 1 heterocycles. The highest BCUT2D eigenvalue weighted by Gasteiger charge is 2.28. The van der Waals surface area contributed by atoms with Crippen LogP contribution in [-0.4, -0.2) is 50.8 Å². The maximum atomic E-state index is 5.76. The zero-order valence-corrected chi connectivity index (χ0v) is 9.21. The Hall–Kier alpha value is -0.120. The summed E-state index contributed by atoms with van der Waals surface area (Å²) in [5.74, 6) is 0.639. The van der Waals surface area contributed by atoms with Crippen LogP contribution >= 0.6 is 0 Å². The Balaban J connectivity index is 2.52. The van der Waals surface area contributed by atoms with Gasteiger partial charge >= 0.3 is 0 Å². The third-order valence-corrected chi connectivity index (χ3v) is 2.62. The van der Waals surface area contributed by atoms with Gasteiger partial charge in [0, 0.05) is 19.1 Å². The molecule has 0 spiro atoms. The van der Waals surface area contributed by atoms with Crippen molar-refractivity contribution in [3.05, 3.63) is 0 Å². The molecule has 0 aliphatic carbocycles. The summed E-state index contributed by atoms with van der Waals surface area (Å²) in [5, 5.41) is 3.37. The topological polar surface area (TPSA) is 24.5 Å². The Morgan fingerprint density at radius 1 is 1.38 bits per heavy atom. The Labute approximate surface area is 81.4 Å². The fraction of sp³-hybridized carbons (Fsp3) is 1.00. The lowest BCUT2D eigenvalue weighted by molar-refractivity contribution is -0.0336. The normalized spacial score (nSPS) is 26.8. The molecule has 0 radical (unpaired) electrons. The highest BCUT2D eigenvalue weighted by Crippen LogP contribution is 2.15. The molecule has 2 unspecified atom stereocenters. The van der Waals surface area contributed by atoms with Gasteiger partial charge in [-0.15, -0.1) is 0 Å². The fourth-order valence-corrected chi connectivity index (χ4v) is 2.16. The van der Waals surface area contributed by atoms with E-state index in [2.05, 4.69) is 38.2 Å². The second kappa shape index (κ2) is 4.94. The number of nitrogens with zero attached hydrogens (tertiary/aromatic N) is 1. The van der Waals surface area contributed by atoms with Crippen molar-refractivity contribution in [1.82, 2.24) is 10.2 Å². The number of hydrogen-bond donors (Lipinski definition) is 1. The Morgan fingerprint density at radius 2 is 2.08 bits per heavy atom. The lowest BCUT2D eigenvalue weighted by atomic mass is 9.96. The molecule has 1 saturated heterocycles. The van der Waals surface area contributed by atoms with E-state index in [4.69, 9.17) is 4.74 Å². The number of likely N-dealkylation sites (N-methyl/N-ethyl adjacent to an activating group) is 1. The Morgan fingerprint density at radius 3 is 2.46 bits per heavy atom. The molecule has 0 bridgehead atoms. The van der Waals surface area contributed by atoms with Gasteiger partial charge in [-0.3, -0.25) is 0 Å². The molecule has 1 aliphatic heterocycles. The molecule has 2 atom stereocenters. The summed E-state index contributed by atoms with van der Waals surface area (Å²) in [6, 6.07) is 0.521. The van der Waals surface area contributed by atoms with Crippen LogP contribution in [0.15, 0.2) is 0 Å². The van der Waals surface area contributed by atoms with Gasteiger partial charge in [0.15, 0.2) is 0 Å². The van der Waals surface area contributed by atoms with E-state index in [9.17, 15) is 0 Å². The molecular formula is C10H22N2O. The smallest absolute Gasteiger partial charge is 0.0857 e. The van der Waals surface area contributed by atoms with Crippen LogP contribution in [0, 0.1) is 5.92 Å². The maximum Gasteiger partial charge on any atom is 0.0857 e. The van der Waals surface area contributed by atoms with Crippen LogP contribution in [0.3, 0.4) is 0 Å². The number of nitrogens with one attached hydrogen (secondary N) is 1. The van der Waals surface area contributed by atoms with E-state index in [1.54, 1.807) is 0 Å². The van der Waals surface area contributed by atoms with Gasteiger partial charge in [-0.2, -0.15) is 0 Å². The van der Waals surface area contributed by atoms with Gasteiger partial charge in [-0.25, -0.2) is 0 Å². The second-order valence-corrected chi connectivity index (χ2v) is 4.31. The minimum absolute atomic E-state index is 0.351.